The number of nitro benzene ring substituents is 1. The normalized spacial score (nSPS) is 29.7. The molecule has 0 radical (unpaired) electrons. The zero-order chi connectivity index (χ0) is 15.0. The number of hydrogen-bond donors (Lipinski definition) is 1. The summed E-state index contributed by atoms with van der Waals surface area (Å²) in [6.07, 6.45) is 6.35. The van der Waals surface area contributed by atoms with Gasteiger partial charge in [-0.05, 0) is 42.1 Å². The van der Waals surface area contributed by atoms with Crippen molar-refractivity contribution in [1.82, 2.24) is 0 Å². The molecule has 1 aromatic rings. The summed E-state index contributed by atoms with van der Waals surface area (Å²) < 4.78 is 0. The number of non-ortho nitro benzene ring substituents is 1. The van der Waals surface area contributed by atoms with Crippen LogP contribution in [0.4, 0.5) is 5.69 Å². The second-order valence-electron chi connectivity index (χ2n) is 5.92. The number of benzene rings is 1. The van der Waals surface area contributed by atoms with Crippen LogP contribution in [0, 0.1) is 27.9 Å². The van der Waals surface area contributed by atoms with Crippen LogP contribution in [0.15, 0.2) is 36.4 Å². The molecule has 0 spiro atoms. The van der Waals surface area contributed by atoms with E-state index in [0.29, 0.717) is 30.1 Å². The molecule has 3 rings (SSSR count). The summed E-state index contributed by atoms with van der Waals surface area (Å²) >= 11 is 0. The van der Waals surface area contributed by atoms with E-state index in [1.807, 2.05) is 12.1 Å². The smallest absolute Gasteiger partial charge is 0.303 e. The summed E-state index contributed by atoms with van der Waals surface area (Å²) in [7, 11) is 0. The molecule has 0 aliphatic heterocycles. The number of aliphatic carboxylic acids is 1. The predicted molar refractivity (Wildman–Crippen MR) is 76.9 cm³/mol. The standard InChI is InChI=1S/C16H17NO4/c18-15(19)8-7-14-11-1-2-12(9-11)16(14)10-3-5-13(6-4-10)17(20)21/h1-6,11-12,14,16H,7-9H2,(H,18,19). The van der Waals surface area contributed by atoms with Gasteiger partial charge in [-0.1, -0.05) is 24.3 Å². The van der Waals surface area contributed by atoms with E-state index in [4.69, 9.17) is 5.11 Å². The number of carboxylic acids is 1. The lowest BCUT2D eigenvalue weighted by Crippen LogP contribution is -2.19. The summed E-state index contributed by atoms with van der Waals surface area (Å²) in [5.74, 6) is 0.756. The third kappa shape index (κ3) is 2.55. The molecule has 4 atom stereocenters. The Kier molecular flexibility index (Phi) is 3.49. The number of carboxylic acid groups (broad SMARTS) is 1. The van der Waals surface area contributed by atoms with Crippen molar-refractivity contribution < 1.29 is 14.8 Å². The van der Waals surface area contributed by atoms with E-state index in [1.54, 1.807) is 12.1 Å². The van der Waals surface area contributed by atoms with Crippen LogP contribution >= 0.6 is 0 Å². The molecule has 5 heteroatoms. The Morgan fingerprint density at radius 2 is 1.90 bits per heavy atom. The largest absolute Gasteiger partial charge is 0.481 e. The fourth-order valence-corrected chi connectivity index (χ4v) is 3.92. The van der Waals surface area contributed by atoms with Crippen molar-refractivity contribution >= 4 is 11.7 Å². The molecule has 2 aliphatic rings. The van der Waals surface area contributed by atoms with Crippen LogP contribution in [0.3, 0.4) is 0 Å². The number of allylic oxidation sites excluding steroid dienone is 2. The third-order valence-corrected chi connectivity index (χ3v) is 4.80. The molecule has 21 heavy (non-hydrogen) atoms. The monoisotopic (exact) mass is 287 g/mol. The van der Waals surface area contributed by atoms with Crippen molar-refractivity contribution in [2.45, 2.75) is 25.2 Å². The van der Waals surface area contributed by atoms with E-state index >= 15 is 0 Å². The number of nitro groups is 1. The highest BCUT2D eigenvalue weighted by molar-refractivity contribution is 5.66. The second kappa shape index (κ2) is 5.31. The lowest BCUT2D eigenvalue weighted by Gasteiger charge is -2.28. The summed E-state index contributed by atoms with van der Waals surface area (Å²) in [5, 5.41) is 19.6. The lowest BCUT2D eigenvalue weighted by atomic mass is 9.76. The molecule has 2 aliphatic carbocycles. The second-order valence-corrected chi connectivity index (χ2v) is 5.92. The average Bonchev–Trinajstić information content (AvgIpc) is 3.05. The minimum Gasteiger partial charge on any atom is -0.481 e. The van der Waals surface area contributed by atoms with Crippen molar-refractivity contribution in [3.05, 3.63) is 52.1 Å². The van der Waals surface area contributed by atoms with E-state index in [0.717, 1.165) is 12.0 Å². The van der Waals surface area contributed by atoms with Gasteiger partial charge in [-0.15, -0.1) is 0 Å². The quantitative estimate of drug-likeness (QED) is 0.511. The topological polar surface area (TPSA) is 80.4 Å². The Morgan fingerprint density at radius 1 is 1.24 bits per heavy atom. The highest BCUT2D eigenvalue weighted by atomic mass is 16.6. The first-order valence-electron chi connectivity index (χ1n) is 7.20. The molecule has 0 amide bonds. The molecule has 5 nitrogen and oxygen atoms in total. The van der Waals surface area contributed by atoms with E-state index in [1.165, 1.54) is 0 Å². The molecular weight excluding hydrogens is 270 g/mol. The van der Waals surface area contributed by atoms with Crippen LogP contribution in [0.1, 0.15) is 30.7 Å². The molecule has 4 unspecified atom stereocenters. The third-order valence-electron chi connectivity index (χ3n) is 4.80. The minimum atomic E-state index is -0.760. The van der Waals surface area contributed by atoms with E-state index in [-0.39, 0.29) is 12.1 Å². The molecule has 0 saturated heterocycles. The fourth-order valence-electron chi connectivity index (χ4n) is 3.92. The molecule has 1 fully saturated rings. The molecule has 110 valence electrons. The maximum absolute atomic E-state index is 10.8. The SMILES string of the molecule is O=C(O)CCC1C2C=CC(C2)C1c1ccc([N+](=O)[O-])cc1. The molecular formula is C16H17NO4. The van der Waals surface area contributed by atoms with Crippen molar-refractivity contribution in [1.29, 1.82) is 0 Å². The van der Waals surface area contributed by atoms with Gasteiger partial charge >= 0.3 is 5.97 Å². The fraction of sp³-hybridized carbons (Fsp3) is 0.438. The first kappa shape index (κ1) is 13.8. The van der Waals surface area contributed by atoms with Gasteiger partial charge in [-0.3, -0.25) is 14.9 Å². The van der Waals surface area contributed by atoms with Crippen LogP contribution in [-0.2, 0) is 4.79 Å². The summed E-state index contributed by atoms with van der Waals surface area (Å²) in [5.41, 5.74) is 1.19. The minimum absolute atomic E-state index is 0.0968. The number of rotatable bonds is 5. The Balaban J connectivity index is 1.83. The van der Waals surface area contributed by atoms with Crippen molar-refractivity contribution in [3.63, 3.8) is 0 Å². The van der Waals surface area contributed by atoms with Crippen molar-refractivity contribution in [2.75, 3.05) is 0 Å². The molecule has 0 heterocycles. The van der Waals surface area contributed by atoms with E-state index in [9.17, 15) is 14.9 Å². The number of nitrogens with zero attached hydrogens (tertiary/aromatic N) is 1. The predicted octanol–water partition coefficient (Wildman–Crippen LogP) is 3.37. The van der Waals surface area contributed by atoms with Crippen molar-refractivity contribution in [3.8, 4) is 0 Å². The maximum Gasteiger partial charge on any atom is 0.303 e. The Morgan fingerprint density at radius 3 is 2.52 bits per heavy atom. The zero-order valence-corrected chi connectivity index (χ0v) is 11.5. The van der Waals surface area contributed by atoms with Gasteiger partial charge in [0.2, 0.25) is 0 Å². The van der Waals surface area contributed by atoms with Gasteiger partial charge in [0.1, 0.15) is 0 Å². The van der Waals surface area contributed by atoms with E-state index < -0.39 is 10.9 Å². The van der Waals surface area contributed by atoms with Crippen LogP contribution in [0.5, 0.6) is 0 Å². The highest BCUT2D eigenvalue weighted by Gasteiger charge is 2.44. The van der Waals surface area contributed by atoms with Crippen LogP contribution in [-0.4, -0.2) is 16.0 Å². The zero-order valence-electron chi connectivity index (χ0n) is 11.5. The van der Waals surface area contributed by atoms with Gasteiger partial charge in [0, 0.05) is 18.6 Å². The Labute approximate surface area is 122 Å². The first-order valence-corrected chi connectivity index (χ1v) is 7.20. The van der Waals surface area contributed by atoms with Gasteiger partial charge in [0.15, 0.2) is 0 Å². The van der Waals surface area contributed by atoms with Gasteiger partial charge in [0.05, 0.1) is 4.92 Å². The summed E-state index contributed by atoms with van der Waals surface area (Å²) in [4.78, 5) is 21.2. The Hall–Kier alpha value is -2.17. The van der Waals surface area contributed by atoms with Crippen LogP contribution < -0.4 is 0 Å². The van der Waals surface area contributed by atoms with E-state index in [2.05, 4.69) is 12.2 Å². The van der Waals surface area contributed by atoms with Gasteiger partial charge in [-0.25, -0.2) is 0 Å². The maximum atomic E-state index is 10.8. The van der Waals surface area contributed by atoms with Gasteiger partial charge < -0.3 is 5.11 Å². The lowest BCUT2D eigenvalue weighted by molar-refractivity contribution is -0.384. The number of hydrogen-bond acceptors (Lipinski definition) is 3. The van der Waals surface area contributed by atoms with Crippen LogP contribution in [0.25, 0.3) is 0 Å². The van der Waals surface area contributed by atoms with Gasteiger partial charge in [-0.2, -0.15) is 0 Å². The molecule has 0 aromatic heterocycles. The van der Waals surface area contributed by atoms with Crippen LogP contribution in [0.2, 0.25) is 0 Å². The first-order chi connectivity index (χ1) is 10.1. The van der Waals surface area contributed by atoms with Gasteiger partial charge in [0.25, 0.3) is 5.69 Å². The average molecular weight is 287 g/mol. The molecule has 1 saturated carbocycles. The number of carbonyl (C=O) groups is 1. The van der Waals surface area contributed by atoms with Crippen molar-refractivity contribution in [2.24, 2.45) is 17.8 Å². The number of fused-ring (bicyclic) bond motifs is 2. The molecule has 1 aromatic carbocycles. The molecule has 2 bridgehead atoms. The highest BCUT2D eigenvalue weighted by Crippen LogP contribution is 2.54. The molecule has 1 N–H and O–H groups in total. The summed E-state index contributed by atoms with van der Waals surface area (Å²) in [6.45, 7) is 0. The Bertz CT molecular complexity index is 593. The summed E-state index contributed by atoms with van der Waals surface area (Å²) in [6, 6.07) is 6.73.